The van der Waals surface area contributed by atoms with Gasteiger partial charge in [0, 0.05) is 17.4 Å². The van der Waals surface area contributed by atoms with Crippen LogP contribution >= 0.6 is 11.6 Å². The van der Waals surface area contributed by atoms with Gasteiger partial charge in [-0.25, -0.2) is 0 Å². The van der Waals surface area contributed by atoms with Crippen LogP contribution in [-0.4, -0.2) is 31.9 Å². The quantitative estimate of drug-likeness (QED) is 0.888. The SMILES string of the molecule is Cn1nnc(CC(CO)c2cccc(Cl)c2)n1. The molecule has 1 aromatic carbocycles. The van der Waals surface area contributed by atoms with E-state index < -0.39 is 0 Å². The monoisotopic (exact) mass is 252 g/mol. The Morgan fingerprint density at radius 1 is 1.47 bits per heavy atom. The van der Waals surface area contributed by atoms with E-state index in [1.54, 1.807) is 13.1 Å². The van der Waals surface area contributed by atoms with Gasteiger partial charge in [-0.3, -0.25) is 0 Å². The van der Waals surface area contributed by atoms with E-state index in [1.165, 1.54) is 4.80 Å². The van der Waals surface area contributed by atoms with Gasteiger partial charge >= 0.3 is 0 Å². The Morgan fingerprint density at radius 3 is 2.88 bits per heavy atom. The van der Waals surface area contributed by atoms with E-state index in [4.69, 9.17) is 11.6 Å². The maximum atomic E-state index is 9.41. The molecular weight excluding hydrogens is 240 g/mol. The highest BCUT2D eigenvalue weighted by molar-refractivity contribution is 6.30. The number of aromatic nitrogens is 4. The third-order valence-electron chi connectivity index (χ3n) is 2.52. The summed E-state index contributed by atoms with van der Waals surface area (Å²) in [6.07, 6.45) is 0.546. The Balaban J connectivity index is 2.16. The molecule has 0 aliphatic rings. The fourth-order valence-corrected chi connectivity index (χ4v) is 1.87. The molecule has 0 aliphatic heterocycles. The van der Waals surface area contributed by atoms with Crippen LogP contribution in [0.1, 0.15) is 17.3 Å². The summed E-state index contributed by atoms with van der Waals surface area (Å²) in [5.74, 6) is 0.560. The number of benzene rings is 1. The highest BCUT2D eigenvalue weighted by atomic mass is 35.5. The molecule has 1 aromatic heterocycles. The molecule has 2 rings (SSSR count). The van der Waals surface area contributed by atoms with Crippen molar-refractivity contribution in [2.24, 2.45) is 7.05 Å². The van der Waals surface area contributed by atoms with Gasteiger partial charge in [0.05, 0.1) is 13.7 Å². The molecule has 0 spiro atoms. The fourth-order valence-electron chi connectivity index (χ4n) is 1.67. The van der Waals surface area contributed by atoms with Crippen LogP contribution in [0.25, 0.3) is 0 Å². The van der Waals surface area contributed by atoms with E-state index in [0.717, 1.165) is 5.56 Å². The zero-order valence-corrected chi connectivity index (χ0v) is 10.2. The summed E-state index contributed by atoms with van der Waals surface area (Å²) in [5, 5.41) is 21.8. The molecule has 0 radical (unpaired) electrons. The summed E-state index contributed by atoms with van der Waals surface area (Å²) in [6, 6.07) is 7.45. The van der Waals surface area contributed by atoms with Gasteiger partial charge in [-0.1, -0.05) is 23.7 Å². The summed E-state index contributed by atoms with van der Waals surface area (Å²) in [4.78, 5) is 1.40. The highest BCUT2D eigenvalue weighted by Gasteiger charge is 2.14. The first kappa shape index (κ1) is 12.0. The Kier molecular flexibility index (Phi) is 3.71. The van der Waals surface area contributed by atoms with E-state index in [2.05, 4.69) is 15.4 Å². The number of aliphatic hydroxyl groups excluding tert-OH is 1. The second kappa shape index (κ2) is 5.25. The second-order valence-electron chi connectivity index (χ2n) is 3.83. The van der Waals surface area contributed by atoms with Gasteiger partial charge < -0.3 is 5.11 Å². The predicted octanol–water partition coefficient (Wildman–Crippen LogP) is 1.18. The van der Waals surface area contributed by atoms with Gasteiger partial charge in [0.15, 0.2) is 5.82 Å². The molecule has 0 fully saturated rings. The average molecular weight is 253 g/mol. The van der Waals surface area contributed by atoms with Crippen molar-refractivity contribution in [3.8, 4) is 0 Å². The third-order valence-corrected chi connectivity index (χ3v) is 2.75. The van der Waals surface area contributed by atoms with E-state index in [0.29, 0.717) is 17.3 Å². The zero-order chi connectivity index (χ0) is 12.3. The number of aryl methyl sites for hydroxylation is 1. The number of rotatable bonds is 4. The van der Waals surface area contributed by atoms with Crippen LogP contribution in [0.3, 0.4) is 0 Å². The fraction of sp³-hybridized carbons (Fsp3) is 0.364. The maximum Gasteiger partial charge on any atom is 0.175 e. The molecule has 0 bridgehead atoms. The Bertz CT molecular complexity index is 500. The normalized spacial score (nSPS) is 12.6. The number of hydrogen-bond acceptors (Lipinski definition) is 4. The van der Waals surface area contributed by atoms with Gasteiger partial charge in [0.2, 0.25) is 0 Å². The largest absolute Gasteiger partial charge is 0.396 e. The van der Waals surface area contributed by atoms with Crippen molar-refractivity contribution >= 4 is 11.6 Å². The molecule has 90 valence electrons. The van der Waals surface area contributed by atoms with Crippen molar-refractivity contribution in [2.45, 2.75) is 12.3 Å². The van der Waals surface area contributed by atoms with Gasteiger partial charge in [-0.05, 0) is 22.9 Å². The molecule has 0 amide bonds. The molecule has 1 atom stereocenters. The van der Waals surface area contributed by atoms with Crippen molar-refractivity contribution in [2.75, 3.05) is 6.61 Å². The van der Waals surface area contributed by atoms with Crippen LogP contribution in [-0.2, 0) is 13.5 Å². The first-order valence-electron chi connectivity index (χ1n) is 5.28. The molecule has 6 heteroatoms. The molecule has 2 aromatic rings. The number of aliphatic hydroxyl groups is 1. The van der Waals surface area contributed by atoms with Crippen LogP contribution in [0.5, 0.6) is 0 Å². The smallest absolute Gasteiger partial charge is 0.175 e. The van der Waals surface area contributed by atoms with Crippen LogP contribution in [0.2, 0.25) is 5.02 Å². The highest BCUT2D eigenvalue weighted by Crippen LogP contribution is 2.21. The number of nitrogens with zero attached hydrogens (tertiary/aromatic N) is 4. The Hall–Kier alpha value is -1.46. The summed E-state index contributed by atoms with van der Waals surface area (Å²) in [7, 11) is 1.71. The van der Waals surface area contributed by atoms with Crippen LogP contribution in [0, 0.1) is 0 Å². The lowest BCUT2D eigenvalue weighted by atomic mass is 9.96. The summed E-state index contributed by atoms with van der Waals surface area (Å²) in [6.45, 7) is 0.0264. The van der Waals surface area contributed by atoms with Crippen LogP contribution in [0.4, 0.5) is 0 Å². The lowest BCUT2D eigenvalue weighted by molar-refractivity contribution is 0.263. The average Bonchev–Trinajstić information content (AvgIpc) is 2.72. The second-order valence-corrected chi connectivity index (χ2v) is 4.27. The van der Waals surface area contributed by atoms with Crippen molar-refractivity contribution in [1.82, 2.24) is 20.2 Å². The molecular formula is C11H13ClN4O. The number of hydrogen-bond donors (Lipinski definition) is 1. The van der Waals surface area contributed by atoms with E-state index >= 15 is 0 Å². The van der Waals surface area contributed by atoms with E-state index in [1.807, 2.05) is 18.2 Å². The van der Waals surface area contributed by atoms with Crippen LogP contribution < -0.4 is 0 Å². The van der Waals surface area contributed by atoms with Gasteiger partial charge in [-0.15, -0.1) is 10.2 Å². The van der Waals surface area contributed by atoms with E-state index in [9.17, 15) is 5.11 Å². The molecule has 0 saturated carbocycles. The van der Waals surface area contributed by atoms with Crippen LogP contribution in [0.15, 0.2) is 24.3 Å². The first-order valence-corrected chi connectivity index (χ1v) is 5.66. The van der Waals surface area contributed by atoms with Crippen molar-refractivity contribution in [1.29, 1.82) is 0 Å². The summed E-state index contributed by atoms with van der Waals surface area (Å²) < 4.78 is 0. The van der Waals surface area contributed by atoms with Crippen molar-refractivity contribution in [3.05, 3.63) is 40.7 Å². The summed E-state index contributed by atoms with van der Waals surface area (Å²) in [5.41, 5.74) is 0.979. The number of tetrazole rings is 1. The number of halogens is 1. The molecule has 1 unspecified atom stereocenters. The minimum absolute atomic E-state index is 0.0264. The predicted molar refractivity (Wildman–Crippen MR) is 63.8 cm³/mol. The lowest BCUT2D eigenvalue weighted by Crippen LogP contribution is -2.09. The molecule has 1 heterocycles. The lowest BCUT2D eigenvalue weighted by Gasteiger charge is -2.12. The third kappa shape index (κ3) is 3.01. The van der Waals surface area contributed by atoms with E-state index in [-0.39, 0.29) is 12.5 Å². The first-order chi connectivity index (χ1) is 8.19. The molecule has 5 nitrogen and oxygen atoms in total. The molecule has 1 N–H and O–H groups in total. The molecule has 0 aliphatic carbocycles. The Morgan fingerprint density at radius 2 is 2.29 bits per heavy atom. The van der Waals surface area contributed by atoms with Gasteiger partial charge in [0.1, 0.15) is 0 Å². The minimum atomic E-state index is -0.0575. The van der Waals surface area contributed by atoms with Gasteiger partial charge in [-0.2, -0.15) is 4.80 Å². The van der Waals surface area contributed by atoms with Gasteiger partial charge in [0.25, 0.3) is 0 Å². The minimum Gasteiger partial charge on any atom is -0.396 e. The van der Waals surface area contributed by atoms with Crippen molar-refractivity contribution in [3.63, 3.8) is 0 Å². The Labute approximate surface area is 104 Å². The zero-order valence-electron chi connectivity index (χ0n) is 9.41. The molecule has 17 heavy (non-hydrogen) atoms. The summed E-state index contributed by atoms with van der Waals surface area (Å²) >= 11 is 5.92. The molecule has 0 saturated heterocycles. The maximum absolute atomic E-state index is 9.41. The standard InChI is InChI=1S/C11H13ClN4O/c1-16-14-11(13-15-16)6-9(7-17)8-3-2-4-10(12)5-8/h2-5,9,17H,6-7H2,1H3. The topological polar surface area (TPSA) is 63.8 Å². The van der Waals surface area contributed by atoms with Crippen molar-refractivity contribution < 1.29 is 5.11 Å².